The van der Waals surface area contributed by atoms with Crippen molar-refractivity contribution in [3.63, 3.8) is 0 Å². The lowest BCUT2D eigenvalue weighted by Crippen LogP contribution is -2.06. The summed E-state index contributed by atoms with van der Waals surface area (Å²) in [4.78, 5) is 1.20. The van der Waals surface area contributed by atoms with E-state index in [0.717, 1.165) is 16.6 Å². The summed E-state index contributed by atoms with van der Waals surface area (Å²) in [6.45, 7) is 1.20. The Hall–Kier alpha value is -1.36. The van der Waals surface area contributed by atoms with Crippen molar-refractivity contribution in [3.05, 3.63) is 62.8 Å². The standard InChI is InChI=1S/C17H16BrNOS/c18-15-8-10-21-17(15)11-20-16-6-5-12-3-1-2-4-13(12)14(16)7-9-19/h1-6,8,10H,7,9,11,19H2. The third kappa shape index (κ3) is 3.12. The Morgan fingerprint density at radius 2 is 1.95 bits per heavy atom. The Bertz CT molecular complexity index is 753. The first-order valence-electron chi connectivity index (χ1n) is 6.85. The van der Waals surface area contributed by atoms with E-state index in [4.69, 9.17) is 10.5 Å². The fourth-order valence-electron chi connectivity index (χ4n) is 2.42. The molecule has 1 heterocycles. The summed E-state index contributed by atoms with van der Waals surface area (Å²) in [5.41, 5.74) is 6.97. The zero-order chi connectivity index (χ0) is 14.7. The molecule has 2 nitrogen and oxygen atoms in total. The van der Waals surface area contributed by atoms with Gasteiger partial charge in [-0.2, -0.15) is 0 Å². The third-order valence-corrected chi connectivity index (χ3v) is 5.34. The summed E-state index contributed by atoms with van der Waals surface area (Å²) in [7, 11) is 0. The van der Waals surface area contributed by atoms with Crippen LogP contribution in [0.25, 0.3) is 10.8 Å². The highest BCUT2D eigenvalue weighted by Crippen LogP contribution is 2.30. The number of hydrogen-bond acceptors (Lipinski definition) is 3. The smallest absolute Gasteiger partial charge is 0.124 e. The van der Waals surface area contributed by atoms with Gasteiger partial charge in [-0.05, 0) is 57.2 Å². The minimum absolute atomic E-state index is 0.578. The van der Waals surface area contributed by atoms with Crippen LogP contribution in [0.15, 0.2) is 52.3 Å². The zero-order valence-corrected chi connectivity index (χ0v) is 13.9. The van der Waals surface area contributed by atoms with E-state index in [0.29, 0.717) is 13.2 Å². The summed E-state index contributed by atoms with van der Waals surface area (Å²) in [6, 6.07) is 14.6. The Balaban J connectivity index is 1.93. The average Bonchev–Trinajstić information content (AvgIpc) is 2.92. The van der Waals surface area contributed by atoms with Gasteiger partial charge in [0.25, 0.3) is 0 Å². The molecule has 0 bridgehead atoms. The van der Waals surface area contributed by atoms with Crippen LogP contribution in [0.4, 0.5) is 0 Å². The zero-order valence-electron chi connectivity index (χ0n) is 11.5. The number of rotatable bonds is 5. The van der Waals surface area contributed by atoms with Crippen LogP contribution in [0.2, 0.25) is 0 Å². The van der Waals surface area contributed by atoms with E-state index >= 15 is 0 Å². The molecule has 2 aromatic carbocycles. The molecular formula is C17H16BrNOS. The molecule has 108 valence electrons. The van der Waals surface area contributed by atoms with E-state index in [1.165, 1.54) is 21.2 Å². The van der Waals surface area contributed by atoms with Crippen molar-refractivity contribution < 1.29 is 4.74 Å². The van der Waals surface area contributed by atoms with Crippen LogP contribution in [0.5, 0.6) is 5.75 Å². The minimum atomic E-state index is 0.578. The fraction of sp³-hybridized carbons (Fsp3) is 0.176. The Morgan fingerprint density at radius 3 is 2.71 bits per heavy atom. The quantitative estimate of drug-likeness (QED) is 0.711. The molecule has 21 heavy (non-hydrogen) atoms. The van der Waals surface area contributed by atoms with Crippen LogP contribution in [0.3, 0.4) is 0 Å². The molecule has 0 unspecified atom stereocenters. The lowest BCUT2D eigenvalue weighted by Gasteiger charge is -2.13. The van der Waals surface area contributed by atoms with Gasteiger partial charge in [0.1, 0.15) is 12.4 Å². The SMILES string of the molecule is NCCc1c(OCc2sccc2Br)ccc2ccccc12. The summed E-state index contributed by atoms with van der Waals surface area (Å²) in [5.74, 6) is 0.930. The van der Waals surface area contributed by atoms with Crippen molar-refractivity contribution in [3.8, 4) is 5.75 Å². The van der Waals surface area contributed by atoms with Crippen LogP contribution >= 0.6 is 27.3 Å². The second-order valence-corrected chi connectivity index (χ2v) is 6.64. The Kier molecular flexibility index (Phi) is 4.58. The maximum atomic E-state index is 6.05. The van der Waals surface area contributed by atoms with Gasteiger partial charge in [-0.1, -0.05) is 30.3 Å². The highest BCUT2D eigenvalue weighted by atomic mass is 79.9. The van der Waals surface area contributed by atoms with Gasteiger partial charge in [-0.25, -0.2) is 0 Å². The van der Waals surface area contributed by atoms with Gasteiger partial charge in [-0.15, -0.1) is 11.3 Å². The summed E-state index contributed by atoms with van der Waals surface area (Å²) < 4.78 is 7.15. The molecule has 0 amide bonds. The lowest BCUT2D eigenvalue weighted by molar-refractivity contribution is 0.306. The molecule has 0 saturated heterocycles. The molecule has 0 atom stereocenters. The van der Waals surface area contributed by atoms with E-state index in [9.17, 15) is 0 Å². The fourth-order valence-corrected chi connectivity index (χ4v) is 3.80. The normalized spacial score (nSPS) is 11.0. The third-order valence-electron chi connectivity index (χ3n) is 3.44. The van der Waals surface area contributed by atoms with E-state index < -0.39 is 0 Å². The van der Waals surface area contributed by atoms with Crippen molar-refractivity contribution in [1.29, 1.82) is 0 Å². The number of halogens is 1. The molecule has 4 heteroatoms. The second kappa shape index (κ2) is 6.60. The molecule has 0 aliphatic heterocycles. The number of ether oxygens (including phenoxy) is 1. The molecule has 0 radical (unpaired) electrons. The van der Waals surface area contributed by atoms with Gasteiger partial charge in [0, 0.05) is 10.0 Å². The molecule has 3 rings (SSSR count). The highest BCUT2D eigenvalue weighted by molar-refractivity contribution is 9.10. The van der Waals surface area contributed by atoms with Crippen molar-refractivity contribution in [2.24, 2.45) is 5.73 Å². The molecule has 0 spiro atoms. The number of hydrogen-bond donors (Lipinski definition) is 1. The molecule has 0 fully saturated rings. The van der Waals surface area contributed by atoms with Crippen LogP contribution in [-0.4, -0.2) is 6.54 Å². The average molecular weight is 362 g/mol. The molecule has 1 aromatic heterocycles. The van der Waals surface area contributed by atoms with Gasteiger partial charge in [-0.3, -0.25) is 0 Å². The van der Waals surface area contributed by atoms with Crippen LogP contribution in [-0.2, 0) is 13.0 Å². The van der Waals surface area contributed by atoms with Gasteiger partial charge >= 0.3 is 0 Å². The van der Waals surface area contributed by atoms with Crippen molar-refractivity contribution >= 4 is 38.0 Å². The maximum absolute atomic E-state index is 6.05. The monoisotopic (exact) mass is 361 g/mol. The maximum Gasteiger partial charge on any atom is 0.124 e. The van der Waals surface area contributed by atoms with E-state index in [-0.39, 0.29) is 0 Å². The van der Waals surface area contributed by atoms with E-state index in [2.05, 4.69) is 57.7 Å². The first kappa shape index (κ1) is 14.6. The number of thiophene rings is 1. The van der Waals surface area contributed by atoms with Gasteiger partial charge in [0.2, 0.25) is 0 Å². The largest absolute Gasteiger partial charge is 0.488 e. The van der Waals surface area contributed by atoms with Crippen molar-refractivity contribution in [1.82, 2.24) is 0 Å². The molecular weight excluding hydrogens is 346 g/mol. The predicted octanol–water partition coefficient (Wildman–Crippen LogP) is 4.74. The van der Waals surface area contributed by atoms with Crippen LogP contribution in [0.1, 0.15) is 10.4 Å². The van der Waals surface area contributed by atoms with E-state index in [1.807, 2.05) is 6.07 Å². The van der Waals surface area contributed by atoms with Crippen molar-refractivity contribution in [2.45, 2.75) is 13.0 Å². The molecule has 3 aromatic rings. The Labute approximate surface area is 136 Å². The highest BCUT2D eigenvalue weighted by Gasteiger charge is 2.09. The van der Waals surface area contributed by atoms with Crippen LogP contribution in [0, 0.1) is 0 Å². The summed E-state index contributed by atoms with van der Waals surface area (Å²) in [6.07, 6.45) is 0.822. The van der Waals surface area contributed by atoms with Gasteiger partial charge in [0.05, 0.1) is 4.88 Å². The molecule has 0 aliphatic carbocycles. The second-order valence-electron chi connectivity index (χ2n) is 4.78. The topological polar surface area (TPSA) is 35.2 Å². The Morgan fingerprint density at radius 1 is 1.10 bits per heavy atom. The van der Waals surface area contributed by atoms with Gasteiger partial charge < -0.3 is 10.5 Å². The first-order valence-corrected chi connectivity index (χ1v) is 8.52. The lowest BCUT2D eigenvalue weighted by atomic mass is 10.0. The van der Waals surface area contributed by atoms with Crippen LogP contribution < -0.4 is 10.5 Å². The number of fused-ring (bicyclic) bond motifs is 1. The molecule has 2 N–H and O–H groups in total. The number of nitrogens with two attached hydrogens (primary N) is 1. The number of benzene rings is 2. The minimum Gasteiger partial charge on any atom is -0.488 e. The molecule has 0 saturated carbocycles. The van der Waals surface area contributed by atoms with E-state index in [1.54, 1.807) is 11.3 Å². The summed E-state index contributed by atoms with van der Waals surface area (Å²) >= 11 is 5.23. The first-order chi connectivity index (χ1) is 10.3. The predicted molar refractivity (Wildman–Crippen MR) is 93.1 cm³/mol. The molecule has 0 aliphatic rings. The summed E-state index contributed by atoms with van der Waals surface area (Å²) in [5, 5.41) is 4.51. The van der Waals surface area contributed by atoms with Crippen molar-refractivity contribution in [2.75, 3.05) is 6.54 Å². The van der Waals surface area contributed by atoms with Gasteiger partial charge in [0.15, 0.2) is 0 Å².